The second-order valence-corrected chi connectivity index (χ2v) is 5.15. The largest absolute Gasteiger partial charge is 0.496 e. The molecule has 0 saturated heterocycles. The number of carbonyl (C=O) groups is 2. The number of primary amides is 1. The Morgan fingerprint density at radius 1 is 1.12 bits per heavy atom. The second-order valence-electron chi connectivity index (χ2n) is 5.15. The summed E-state index contributed by atoms with van der Waals surface area (Å²) >= 11 is 0. The van der Waals surface area contributed by atoms with Crippen molar-refractivity contribution in [3.05, 3.63) is 65.2 Å². The number of rotatable bonds is 7. The lowest BCUT2D eigenvalue weighted by atomic mass is 10.1. The summed E-state index contributed by atoms with van der Waals surface area (Å²) in [5, 5.41) is 3.11. The zero-order valence-corrected chi connectivity index (χ0v) is 13.6. The van der Waals surface area contributed by atoms with Crippen LogP contribution < -0.4 is 15.8 Å². The topological polar surface area (TPSA) is 90.6 Å². The molecule has 2 rings (SSSR count). The summed E-state index contributed by atoms with van der Waals surface area (Å²) in [5.74, 6) is -0.522. The van der Waals surface area contributed by atoms with E-state index in [1.165, 1.54) is 14.2 Å². The Morgan fingerprint density at radius 2 is 1.83 bits per heavy atom. The lowest BCUT2D eigenvalue weighted by Gasteiger charge is -2.16. The normalized spacial score (nSPS) is 11.6. The van der Waals surface area contributed by atoms with Crippen molar-refractivity contribution in [3.8, 4) is 5.75 Å². The number of nitrogens with two attached hydrogens (primary N) is 1. The smallest absolute Gasteiger partial charge is 0.341 e. The molecule has 0 spiro atoms. The average molecular weight is 328 g/mol. The van der Waals surface area contributed by atoms with Crippen LogP contribution in [0.4, 0.5) is 0 Å². The fraction of sp³-hybridized carbons (Fsp3) is 0.222. The quantitative estimate of drug-likeness (QED) is 0.756. The van der Waals surface area contributed by atoms with Gasteiger partial charge in [0.1, 0.15) is 17.4 Å². The maximum atomic E-state index is 11.8. The van der Waals surface area contributed by atoms with Gasteiger partial charge in [0.15, 0.2) is 0 Å². The summed E-state index contributed by atoms with van der Waals surface area (Å²) in [6.45, 7) is 0.358. The van der Waals surface area contributed by atoms with Gasteiger partial charge in [-0.05, 0) is 23.3 Å². The van der Waals surface area contributed by atoms with E-state index in [1.54, 1.807) is 18.2 Å². The predicted octanol–water partition coefficient (Wildman–Crippen LogP) is 1.80. The van der Waals surface area contributed by atoms with Crippen molar-refractivity contribution < 1.29 is 19.1 Å². The Kier molecular flexibility index (Phi) is 5.92. The minimum absolute atomic E-state index is 0.328. The van der Waals surface area contributed by atoms with Gasteiger partial charge in [0.2, 0.25) is 5.91 Å². The molecule has 24 heavy (non-hydrogen) atoms. The van der Waals surface area contributed by atoms with Crippen LogP contribution in [-0.4, -0.2) is 26.1 Å². The Morgan fingerprint density at radius 3 is 2.42 bits per heavy atom. The molecule has 1 atom stereocenters. The highest BCUT2D eigenvalue weighted by molar-refractivity contribution is 5.92. The van der Waals surface area contributed by atoms with Gasteiger partial charge in [-0.25, -0.2) is 4.79 Å². The maximum absolute atomic E-state index is 11.8. The second kappa shape index (κ2) is 8.12. The molecule has 126 valence electrons. The predicted molar refractivity (Wildman–Crippen MR) is 89.6 cm³/mol. The van der Waals surface area contributed by atoms with E-state index in [4.69, 9.17) is 15.2 Å². The maximum Gasteiger partial charge on any atom is 0.341 e. The van der Waals surface area contributed by atoms with Gasteiger partial charge in [-0.1, -0.05) is 36.4 Å². The van der Waals surface area contributed by atoms with Crippen molar-refractivity contribution in [1.82, 2.24) is 5.32 Å². The Hall–Kier alpha value is -2.86. The molecule has 3 N–H and O–H groups in total. The van der Waals surface area contributed by atoms with E-state index < -0.39 is 17.9 Å². The highest BCUT2D eigenvalue weighted by Gasteiger charge is 2.18. The number of methoxy groups -OCH3 is 2. The molecule has 0 aliphatic carbocycles. The van der Waals surface area contributed by atoms with E-state index in [1.807, 2.05) is 30.3 Å². The van der Waals surface area contributed by atoms with E-state index in [-0.39, 0.29) is 0 Å². The molecule has 2 aromatic carbocycles. The van der Waals surface area contributed by atoms with Crippen molar-refractivity contribution in [3.63, 3.8) is 0 Å². The summed E-state index contributed by atoms with van der Waals surface area (Å²) in [5.41, 5.74) is 7.40. The van der Waals surface area contributed by atoms with Gasteiger partial charge in [0.05, 0.1) is 14.2 Å². The first-order chi connectivity index (χ1) is 11.6. The monoisotopic (exact) mass is 328 g/mol. The van der Waals surface area contributed by atoms with Crippen LogP contribution in [0.3, 0.4) is 0 Å². The van der Waals surface area contributed by atoms with Crippen molar-refractivity contribution in [1.29, 1.82) is 0 Å². The molecular weight excluding hydrogens is 308 g/mol. The minimum atomic E-state index is -0.616. The highest BCUT2D eigenvalue weighted by Crippen LogP contribution is 2.21. The minimum Gasteiger partial charge on any atom is -0.496 e. The number of benzene rings is 2. The van der Waals surface area contributed by atoms with Crippen LogP contribution in [0.5, 0.6) is 5.75 Å². The zero-order chi connectivity index (χ0) is 17.5. The van der Waals surface area contributed by atoms with E-state index in [2.05, 4.69) is 5.32 Å². The third-order valence-corrected chi connectivity index (χ3v) is 3.60. The van der Waals surface area contributed by atoms with Crippen LogP contribution in [0.15, 0.2) is 48.5 Å². The van der Waals surface area contributed by atoms with Crippen molar-refractivity contribution in [2.24, 2.45) is 5.73 Å². The van der Waals surface area contributed by atoms with Gasteiger partial charge >= 0.3 is 5.97 Å². The van der Waals surface area contributed by atoms with Gasteiger partial charge in [-0.15, -0.1) is 0 Å². The van der Waals surface area contributed by atoms with Crippen molar-refractivity contribution in [2.75, 3.05) is 14.2 Å². The third-order valence-electron chi connectivity index (χ3n) is 3.60. The zero-order valence-electron chi connectivity index (χ0n) is 13.6. The molecule has 2 aromatic rings. The lowest BCUT2D eigenvalue weighted by molar-refractivity contribution is -0.120. The first kappa shape index (κ1) is 17.5. The molecule has 0 fully saturated rings. The van der Waals surface area contributed by atoms with Crippen LogP contribution in [0.2, 0.25) is 0 Å². The third kappa shape index (κ3) is 4.11. The molecule has 0 aliphatic rings. The first-order valence-electron chi connectivity index (χ1n) is 7.39. The number of nitrogens with one attached hydrogen (secondary N) is 1. The van der Waals surface area contributed by atoms with Crippen molar-refractivity contribution >= 4 is 11.9 Å². The van der Waals surface area contributed by atoms with Gasteiger partial charge < -0.3 is 15.2 Å². The SMILES string of the molecule is COC(=O)c1cc(CN[C@H](C(N)=O)c2ccccc2)ccc1OC. The number of hydrogen-bond acceptors (Lipinski definition) is 5. The molecule has 0 aliphatic heterocycles. The van der Waals surface area contributed by atoms with Crippen LogP contribution in [-0.2, 0) is 16.1 Å². The molecular formula is C18H20N2O4. The van der Waals surface area contributed by atoms with Gasteiger partial charge in [0, 0.05) is 6.54 Å². The van der Waals surface area contributed by atoms with Crippen LogP contribution in [0, 0.1) is 0 Å². The summed E-state index contributed by atoms with van der Waals surface area (Å²) in [4.78, 5) is 23.5. The number of amides is 1. The van der Waals surface area contributed by atoms with Crippen molar-refractivity contribution in [2.45, 2.75) is 12.6 Å². The summed E-state index contributed by atoms with van der Waals surface area (Å²) in [7, 11) is 2.80. The molecule has 1 amide bonds. The number of carbonyl (C=O) groups excluding carboxylic acids is 2. The molecule has 0 aromatic heterocycles. The molecule has 0 radical (unpaired) electrons. The summed E-state index contributed by atoms with van der Waals surface area (Å²) in [6, 6.07) is 13.8. The van der Waals surface area contributed by atoms with Gasteiger partial charge in [-0.3, -0.25) is 10.1 Å². The standard InChI is InChI=1S/C18H20N2O4/c1-23-15-9-8-12(10-14(15)18(22)24-2)11-20-16(17(19)21)13-6-4-3-5-7-13/h3-10,16,20H,11H2,1-2H3,(H2,19,21)/t16-/m0/s1. The molecule has 0 heterocycles. The van der Waals surface area contributed by atoms with E-state index in [0.29, 0.717) is 17.9 Å². The molecule has 6 nitrogen and oxygen atoms in total. The van der Waals surface area contributed by atoms with E-state index in [9.17, 15) is 9.59 Å². The number of ether oxygens (including phenoxy) is 2. The first-order valence-corrected chi connectivity index (χ1v) is 7.39. The highest BCUT2D eigenvalue weighted by atomic mass is 16.5. The Labute approximate surface area is 140 Å². The summed E-state index contributed by atoms with van der Waals surface area (Å²) < 4.78 is 9.91. The van der Waals surface area contributed by atoms with E-state index >= 15 is 0 Å². The molecule has 6 heteroatoms. The average Bonchev–Trinajstić information content (AvgIpc) is 2.61. The number of hydrogen-bond donors (Lipinski definition) is 2. The van der Waals surface area contributed by atoms with Crippen LogP contribution in [0.25, 0.3) is 0 Å². The number of esters is 1. The molecule has 0 unspecified atom stereocenters. The molecule has 0 bridgehead atoms. The van der Waals surface area contributed by atoms with Gasteiger partial charge in [0.25, 0.3) is 0 Å². The van der Waals surface area contributed by atoms with Gasteiger partial charge in [-0.2, -0.15) is 0 Å². The molecule has 0 saturated carbocycles. The fourth-order valence-electron chi connectivity index (χ4n) is 2.38. The summed E-state index contributed by atoms with van der Waals surface area (Å²) in [6.07, 6.45) is 0. The lowest BCUT2D eigenvalue weighted by Crippen LogP contribution is -2.33. The Balaban J connectivity index is 2.18. The van der Waals surface area contributed by atoms with Crippen LogP contribution in [0.1, 0.15) is 27.5 Å². The van der Waals surface area contributed by atoms with E-state index in [0.717, 1.165) is 11.1 Å². The van der Waals surface area contributed by atoms with Crippen LogP contribution >= 0.6 is 0 Å². The Bertz CT molecular complexity index is 716. The fourth-order valence-corrected chi connectivity index (χ4v) is 2.38.